The van der Waals surface area contributed by atoms with Gasteiger partial charge in [0.25, 0.3) is 0 Å². The number of hydrogen-bond donors (Lipinski definition) is 4. The summed E-state index contributed by atoms with van der Waals surface area (Å²) in [7, 11) is 0. The summed E-state index contributed by atoms with van der Waals surface area (Å²) in [6.45, 7) is -0.352. The van der Waals surface area contributed by atoms with E-state index in [2.05, 4.69) is 10.6 Å². The summed E-state index contributed by atoms with van der Waals surface area (Å²) in [6, 6.07) is 2.57. The van der Waals surface area contributed by atoms with Crippen LogP contribution in [0.1, 0.15) is 6.42 Å². The molecule has 1 atom stereocenters. The molecule has 0 fully saturated rings. The number of carboxylic acids is 1. The number of nitrogens with one attached hydrogen (secondary N) is 2. The highest BCUT2D eigenvalue weighted by Crippen LogP contribution is 2.25. The highest BCUT2D eigenvalue weighted by atomic mass is 35.5. The average molecular weight is 307 g/mol. The van der Waals surface area contributed by atoms with E-state index in [0.717, 1.165) is 0 Å². The molecule has 1 unspecified atom stereocenters. The zero-order valence-electron chi connectivity index (χ0n) is 9.69. The maximum Gasteiger partial charge on any atom is 0.326 e. The average Bonchev–Trinajstić information content (AvgIpc) is 2.33. The smallest absolute Gasteiger partial charge is 0.326 e. The molecule has 1 rings (SSSR count). The molecule has 0 spiro atoms. The van der Waals surface area contributed by atoms with Crippen LogP contribution in [0.25, 0.3) is 0 Å². The number of hydrogen-bond acceptors (Lipinski definition) is 3. The van der Waals surface area contributed by atoms with Crippen LogP contribution in [0.5, 0.6) is 0 Å². The van der Waals surface area contributed by atoms with Gasteiger partial charge >= 0.3 is 12.0 Å². The van der Waals surface area contributed by atoms with Crippen LogP contribution in [0, 0.1) is 0 Å². The van der Waals surface area contributed by atoms with Gasteiger partial charge in [0.15, 0.2) is 0 Å². The largest absolute Gasteiger partial charge is 0.480 e. The van der Waals surface area contributed by atoms with Crippen LogP contribution in [0.3, 0.4) is 0 Å². The number of aliphatic hydroxyl groups excluding tert-OH is 1. The van der Waals surface area contributed by atoms with E-state index in [0.29, 0.717) is 5.02 Å². The van der Waals surface area contributed by atoms with Crippen molar-refractivity contribution >= 4 is 40.9 Å². The van der Waals surface area contributed by atoms with Crippen LogP contribution < -0.4 is 10.6 Å². The maximum absolute atomic E-state index is 11.6. The van der Waals surface area contributed by atoms with Crippen molar-refractivity contribution in [2.24, 2.45) is 0 Å². The number of carbonyl (C=O) groups excluding carboxylic acids is 1. The third-order valence-corrected chi connectivity index (χ3v) is 2.76. The van der Waals surface area contributed by atoms with Crippen molar-refractivity contribution in [2.45, 2.75) is 12.5 Å². The van der Waals surface area contributed by atoms with Crippen molar-refractivity contribution in [1.82, 2.24) is 5.32 Å². The van der Waals surface area contributed by atoms with Crippen molar-refractivity contribution in [3.63, 3.8) is 0 Å². The molecule has 0 bridgehead atoms. The van der Waals surface area contributed by atoms with Crippen LogP contribution in [-0.2, 0) is 4.79 Å². The molecule has 0 radical (unpaired) electrons. The third-order valence-electron chi connectivity index (χ3n) is 2.20. The Morgan fingerprint density at radius 1 is 1.32 bits per heavy atom. The Morgan fingerprint density at radius 3 is 2.58 bits per heavy atom. The van der Waals surface area contributed by atoms with Gasteiger partial charge in [-0.3, -0.25) is 0 Å². The molecule has 0 heterocycles. The molecular formula is C11H12Cl2N2O4. The first-order valence-corrected chi connectivity index (χ1v) is 6.06. The molecule has 8 heteroatoms. The number of carbonyl (C=O) groups is 2. The van der Waals surface area contributed by atoms with E-state index in [9.17, 15) is 9.59 Å². The molecule has 4 N–H and O–H groups in total. The van der Waals surface area contributed by atoms with Gasteiger partial charge < -0.3 is 20.8 Å². The minimum absolute atomic E-state index is 0.0912. The number of rotatable bonds is 5. The Hall–Kier alpha value is -1.50. The lowest BCUT2D eigenvalue weighted by Crippen LogP contribution is -2.43. The Labute approximate surface area is 119 Å². The quantitative estimate of drug-likeness (QED) is 0.668. The summed E-state index contributed by atoms with van der Waals surface area (Å²) in [5.74, 6) is -1.23. The second-order valence-electron chi connectivity index (χ2n) is 3.63. The number of aliphatic carboxylic acids is 1. The molecule has 0 aliphatic rings. The van der Waals surface area contributed by atoms with Gasteiger partial charge in [-0.25, -0.2) is 9.59 Å². The van der Waals surface area contributed by atoms with Crippen LogP contribution in [-0.4, -0.2) is 34.9 Å². The van der Waals surface area contributed by atoms with Crippen LogP contribution in [0.4, 0.5) is 10.5 Å². The fraction of sp³-hybridized carbons (Fsp3) is 0.273. The molecule has 104 valence electrons. The van der Waals surface area contributed by atoms with Gasteiger partial charge in [-0.1, -0.05) is 23.2 Å². The maximum atomic E-state index is 11.6. The SMILES string of the molecule is O=C(Nc1cc(Cl)ccc1Cl)NC(CCO)C(=O)O. The molecule has 19 heavy (non-hydrogen) atoms. The van der Waals surface area contributed by atoms with Gasteiger partial charge in [-0.15, -0.1) is 0 Å². The van der Waals surface area contributed by atoms with Crippen molar-refractivity contribution < 1.29 is 19.8 Å². The number of aliphatic hydroxyl groups is 1. The van der Waals surface area contributed by atoms with Gasteiger partial charge in [-0.2, -0.15) is 0 Å². The summed E-state index contributed by atoms with van der Waals surface area (Å²) in [5, 5.41) is 22.7. The van der Waals surface area contributed by atoms with E-state index < -0.39 is 18.0 Å². The zero-order chi connectivity index (χ0) is 14.4. The Morgan fingerprint density at radius 2 is 2.00 bits per heavy atom. The molecular weight excluding hydrogens is 295 g/mol. The monoisotopic (exact) mass is 306 g/mol. The summed E-state index contributed by atoms with van der Waals surface area (Å²) in [5.41, 5.74) is 0.264. The summed E-state index contributed by atoms with van der Waals surface area (Å²) < 4.78 is 0. The van der Waals surface area contributed by atoms with Crippen molar-refractivity contribution in [1.29, 1.82) is 0 Å². The normalized spacial score (nSPS) is 11.7. The van der Waals surface area contributed by atoms with Crippen LogP contribution in [0.2, 0.25) is 10.0 Å². The zero-order valence-corrected chi connectivity index (χ0v) is 11.2. The lowest BCUT2D eigenvalue weighted by atomic mass is 10.2. The van der Waals surface area contributed by atoms with E-state index in [1.165, 1.54) is 12.1 Å². The highest BCUT2D eigenvalue weighted by molar-refractivity contribution is 6.35. The van der Waals surface area contributed by atoms with Crippen LogP contribution >= 0.6 is 23.2 Å². The second-order valence-corrected chi connectivity index (χ2v) is 4.47. The lowest BCUT2D eigenvalue weighted by molar-refractivity contribution is -0.139. The van der Waals surface area contributed by atoms with Gasteiger partial charge in [0.2, 0.25) is 0 Å². The second kappa shape index (κ2) is 7.18. The lowest BCUT2D eigenvalue weighted by Gasteiger charge is -2.14. The summed E-state index contributed by atoms with van der Waals surface area (Å²) in [6.07, 6.45) is -0.0912. The number of halogens is 2. The summed E-state index contributed by atoms with van der Waals surface area (Å²) in [4.78, 5) is 22.4. The molecule has 6 nitrogen and oxygen atoms in total. The molecule has 1 aromatic rings. The van der Waals surface area contributed by atoms with Crippen molar-refractivity contribution in [3.8, 4) is 0 Å². The van der Waals surface area contributed by atoms with E-state index >= 15 is 0 Å². The minimum atomic E-state index is -1.23. The Balaban J connectivity index is 2.68. The first kappa shape index (κ1) is 15.6. The van der Waals surface area contributed by atoms with Crippen molar-refractivity contribution in [2.75, 3.05) is 11.9 Å². The number of anilines is 1. The van der Waals surface area contributed by atoms with Gasteiger partial charge in [0.05, 0.1) is 10.7 Å². The predicted molar refractivity (Wildman–Crippen MR) is 71.7 cm³/mol. The number of urea groups is 1. The van der Waals surface area contributed by atoms with E-state index in [4.69, 9.17) is 33.4 Å². The van der Waals surface area contributed by atoms with Gasteiger partial charge in [0.1, 0.15) is 6.04 Å². The molecule has 0 aliphatic heterocycles. The standard InChI is InChI=1S/C11H12Cl2N2O4/c12-6-1-2-7(13)9(5-6)15-11(19)14-8(3-4-16)10(17)18/h1-2,5,8,16H,3-4H2,(H,17,18)(H2,14,15,19). The molecule has 0 saturated carbocycles. The molecule has 0 aromatic heterocycles. The topological polar surface area (TPSA) is 98.7 Å². The summed E-state index contributed by atoms with van der Waals surface area (Å²) >= 11 is 11.6. The third kappa shape index (κ3) is 4.94. The number of amides is 2. The molecule has 0 saturated heterocycles. The van der Waals surface area contributed by atoms with Gasteiger partial charge in [0, 0.05) is 18.1 Å². The first-order valence-electron chi connectivity index (χ1n) is 5.30. The fourth-order valence-electron chi connectivity index (χ4n) is 1.30. The number of carboxylic acid groups (broad SMARTS) is 1. The Kier molecular flexibility index (Phi) is 5.88. The van der Waals surface area contributed by atoms with Gasteiger partial charge in [-0.05, 0) is 18.2 Å². The van der Waals surface area contributed by atoms with Crippen molar-refractivity contribution in [3.05, 3.63) is 28.2 Å². The predicted octanol–water partition coefficient (Wildman–Crippen LogP) is 1.95. The highest BCUT2D eigenvalue weighted by Gasteiger charge is 2.19. The molecule has 0 aliphatic carbocycles. The molecule has 1 aromatic carbocycles. The fourth-order valence-corrected chi connectivity index (χ4v) is 1.63. The van der Waals surface area contributed by atoms with Crippen LogP contribution in [0.15, 0.2) is 18.2 Å². The van der Waals surface area contributed by atoms with E-state index in [-0.39, 0.29) is 23.7 Å². The minimum Gasteiger partial charge on any atom is -0.480 e. The van der Waals surface area contributed by atoms with E-state index in [1.54, 1.807) is 6.07 Å². The first-order chi connectivity index (χ1) is 8.93. The number of benzene rings is 1. The molecule has 2 amide bonds. The Bertz CT molecular complexity index is 482. The van der Waals surface area contributed by atoms with E-state index in [1.807, 2.05) is 0 Å².